The van der Waals surface area contributed by atoms with Gasteiger partial charge in [0.05, 0.1) is 5.41 Å². The van der Waals surface area contributed by atoms with Gasteiger partial charge in [-0.15, -0.1) is 0 Å². The molecule has 5 rings (SSSR count). The monoisotopic (exact) mass is 502 g/mol. The van der Waals surface area contributed by atoms with Crippen LogP contribution in [-0.4, -0.2) is 57.9 Å². The van der Waals surface area contributed by atoms with E-state index in [0.29, 0.717) is 51.3 Å². The number of hydrogen-bond donors (Lipinski definition) is 1. The third-order valence-electron chi connectivity index (χ3n) is 7.46. The van der Waals surface area contributed by atoms with E-state index >= 15 is 0 Å². The number of fused-ring (bicyclic) bond motifs is 2. The minimum atomic E-state index is -0.577. The van der Waals surface area contributed by atoms with E-state index in [1.54, 1.807) is 23.2 Å². The molecule has 0 aliphatic carbocycles. The Morgan fingerprint density at radius 2 is 1.78 bits per heavy atom. The van der Waals surface area contributed by atoms with Gasteiger partial charge in [-0.1, -0.05) is 24.3 Å². The van der Waals surface area contributed by atoms with Gasteiger partial charge in [0.2, 0.25) is 11.8 Å². The third-order valence-corrected chi connectivity index (χ3v) is 7.46. The van der Waals surface area contributed by atoms with Crippen LogP contribution in [0.5, 0.6) is 0 Å². The van der Waals surface area contributed by atoms with E-state index in [0.717, 1.165) is 17.5 Å². The average Bonchev–Trinajstić information content (AvgIpc) is 2.87. The van der Waals surface area contributed by atoms with Gasteiger partial charge in [0.15, 0.2) is 0 Å². The van der Waals surface area contributed by atoms with Crippen LogP contribution in [0.4, 0.5) is 10.6 Å². The molecule has 2 aromatic rings. The van der Waals surface area contributed by atoms with Crippen molar-refractivity contribution in [2.75, 3.05) is 25.0 Å². The second-order valence-electron chi connectivity index (χ2n) is 11.3. The highest BCUT2D eigenvalue weighted by Gasteiger charge is 2.46. The fourth-order valence-electron chi connectivity index (χ4n) is 5.36. The van der Waals surface area contributed by atoms with E-state index in [9.17, 15) is 14.4 Å². The number of pyridine rings is 1. The topological polar surface area (TPSA) is 91.8 Å². The molecule has 1 aromatic carbocycles. The molecule has 0 bridgehead atoms. The summed E-state index contributed by atoms with van der Waals surface area (Å²) in [4.78, 5) is 46.4. The first-order valence-corrected chi connectivity index (χ1v) is 12.9. The average molecular weight is 503 g/mol. The summed E-state index contributed by atoms with van der Waals surface area (Å²) in [6, 6.07) is 10.2. The molecule has 3 amide bonds. The zero-order chi connectivity index (χ0) is 26.2. The summed E-state index contributed by atoms with van der Waals surface area (Å²) in [7, 11) is 0. The zero-order valence-corrected chi connectivity index (χ0v) is 21.8. The zero-order valence-electron chi connectivity index (χ0n) is 21.8. The normalized spacial score (nSPS) is 18.8. The van der Waals surface area contributed by atoms with Gasteiger partial charge in [0.1, 0.15) is 11.4 Å². The van der Waals surface area contributed by atoms with Crippen molar-refractivity contribution in [2.45, 2.75) is 58.6 Å². The number of piperidine rings is 1. The van der Waals surface area contributed by atoms with Crippen LogP contribution in [-0.2, 0) is 33.7 Å². The lowest BCUT2D eigenvalue weighted by molar-refractivity contribution is -0.129. The first kappa shape index (κ1) is 25.0. The van der Waals surface area contributed by atoms with Crippen molar-refractivity contribution in [1.82, 2.24) is 14.8 Å². The maximum Gasteiger partial charge on any atom is 0.410 e. The molecule has 4 heterocycles. The smallest absolute Gasteiger partial charge is 0.410 e. The third kappa shape index (κ3) is 5.38. The standard InChI is InChI=1S/C29H34N4O4/c1-28(2,3)37-27(36)32-14-11-29(12-15-32)17-23-16-20(18-30-25(23)31-26(29)35)8-9-24(34)33-13-10-21-6-4-5-7-22(21)19-33/h4-9,16,18H,10-15,17,19H2,1-3H3,(H,30,31,35)/b9-8+. The molecular formula is C29H34N4O4. The molecule has 8 heteroatoms. The molecule has 1 aromatic heterocycles. The molecule has 194 valence electrons. The maximum absolute atomic E-state index is 13.1. The maximum atomic E-state index is 13.1. The van der Waals surface area contributed by atoms with Crippen molar-refractivity contribution >= 4 is 29.8 Å². The summed E-state index contributed by atoms with van der Waals surface area (Å²) in [6.45, 7) is 7.81. The summed E-state index contributed by atoms with van der Waals surface area (Å²) >= 11 is 0. The van der Waals surface area contributed by atoms with Crippen LogP contribution in [0.15, 0.2) is 42.6 Å². The number of nitrogens with zero attached hydrogens (tertiary/aromatic N) is 3. The van der Waals surface area contributed by atoms with Crippen LogP contribution < -0.4 is 5.32 Å². The molecule has 1 spiro atoms. The van der Waals surface area contributed by atoms with Gasteiger partial charge in [-0.05, 0) is 80.9 Å². The van der Waals surface area contributed by atoms with Crippen molar-refractivity contribution in [3.63, 3.8) is 0 Å². The Kier molecular flexibility index (Phi) is 6.52. The van der Waals surface area contributed by atoms with Gasteiger partial charge >= 0.3 is 6.09 Å². The molecule has 0 radical (unpaired) electrons. The molecule has 0 saturated carbocycles. The Hall–Kier alpha value is -3.68. The summed E-state index contributed by atoms with van der Waals surface area (Å²) in [5.74, 6) is 0.507. The van der Waals surface area contributed by atoms with E-state index in [2.05, 4.69) is 22.4 Å². The van der Waals surface area contributed by atoms with E-state index in [1.165, 1.54) is 11.1 Å². The highest BCUT2D eigenvalue weighted by Crippen LogP contribution is 2.41. The lowest BCUT2D eigenvalue weighted by atomic mass is 9.71. The minimum absolute atomic E-state index is 0.0217. The first-order valence-electron chi connectivity index (χ1n) is 12.9. The summed E-state index contributed by atoms with van der Waals surface area (Å²) in [6.07, 6.45) is 7.29. The highest BCUT2D eigenvalue weighted by molar-refractivity contribution is 5.98. The van der Waals surface area contributed by atoms with Crippen molar-refractivity contribution in [3.8, 4) is 0 Å². The molecule has 0 atom stereocenters. The molecule has 37 heavy (non-hydrogen) atoms. The van der Waals surface area contributed by atoms with Crippen molar-refractivity contribution in [3.05, 3.63) is 64.9 Å². The van der Waals surface area contributed by atoms with Crippen molar-refractivity contribution < 1.29 is 19.1 Å². The van der Waals surface area contributed by atoms with Crippen LogP contribution in [0.2, 0.25) is 0 Å². The second kappa shape index (κ2) is 9.65. The van der Waals surface area contributed by atoms with Gasteiger partial charge < -0.3 is 19.9 Å². The minimum Gasteiger partial charge on any atom is -0.444 e. The molecule has 1 saturated heterocycles. The number of carbonyl (C=O) groups is 3. The fraction of sp³-hybridized carbons (Fsp3) is 0.448. The van der Waals surface area contributed by atoms with Gasteiger partial charge in [-0.2, -0.15) is 0 Å². The van der Waals surface area contributed by atoms with Crippen molar-refractivity contribution in [1.29, 1.82) is 0 Å². The number of benzene rings is 1. The predicted octanol–water partition coefficient (Wildman–Crippen LogP) is 4.19. The van der Waals surface area contributed by atoms with Crippen LogP contribution in [0, 0.1) is 5.41 Å². The fourth-order valence-corrected chi connectivity index (χ4v) is 5.36. The van der Waals surface area contributed by atoms with Gasteiger partial charge in [0, 0.05) is 38.5 Å². The highest BCUT2D eigenvalue weighted by atomic mass is 16.6. The summed E-state index contributed by atoms with van der Waals surface area (Å²) in [5.41, 5.74) is 3.15. The Balaban J connectivity index is 1.24. The second-order valence-corrected chi connectivity index (χ2v) is 11.3. The Morgan fingerprint density at radius 1 is 1.05 bits per heavy atom. The summed E-state index contributed by atoms with van der Waals surface area (Å²) < 4.78 is 5.50. The Labute approximate surface area is 217 Å². The SMILES string of the molecule is CC(C)(C)OC(=O)N1CCC2(CC1)Cc1cc(/C=C/C(=O)N3CCc4ccccc4C3)cnc1NC2=O. The summed E-state index contributed by atoms with van der Waals surface area (Å²) in [5, 5.41) is 2.97. The number of ether oxygens (including phenoxy) is 1. The molecule has 8 nitrogen and oxygen atoms in total. The number of anilines is 1. The predicted molar refractivity (Wildman–Crippen MR) is 141 cm³/mol. The molecule has 1 fully saturated rings. The Morgan fingerprint density at radius 3 is 2.51 bits per heavy atom. The molecule has 3 aliphatic rings. The van der Waals surface area contributed by atoms with E-state index in [-0.39, 0.29) is 17.9 Å². The lowest BCUT2D eigenvalue weighted by Gasteiger charge is -2.43. The van der Waals surface area contributed by atoms with E-state index < -0.39 is 11.0 Å². The van der Waals surface area contributed by atoms with Crippen LogP contribution >= 0.6 is 0 Å². The Bertz CT molecular complexity index is 1250. The van der Waals surface area contributed by atoms with Gasteiger partial charge in [-0.3, -0.25) is 9.59 Å². The van der Waals surface area contributed by atoms with Crippen LogP contribution in [0.1, 0.15) is 55.9 Å². The van der Waals surface area contributed by atoms with Crippen molar-refractivity contribution in [2.24, 2.45) is 5.41 Å². The van der Waals surface area contributed by atoms with Crippen LogP contribution in [0.3, 0.4) is 0 Å². The first-order chi connectivity index (χ1) is 17.6. The molecule has 0 unspecified atom stereocenters. The number of hydrogen-bond acceptors (Lipinski definition) is 5. The number of likely N-dealkylation sites (tertiary alicyclic amines) is 1. The number of aromatic nitrogens is 1. The number of nitrogens with one attached hydrogen (secondary N) is 1. The lowest BCUT2D eigenvalue weighted by Crippen LogP contribution is -2.51. The van der Waals surface area contributed by atoms with Gasteiger partial charge in [-0.25, -0.2) is 9.78 Å². The van der Waals surface area contributed by atoms with E-state index in [4.69, 9.17) is 4.74 Å². The molecular weight excluding hydrogens is 468 g/mol. The molecule has 1 N–H and O–H groups in total. The van der Waals surface area contributed by atoms with E-state index in [1.807, 2.05) is 43.9 Å². The number of carbonyl (C=O) groups excluding carboxylic acids is 3. The van der Waals surface area contributed by atoms with Gasteiger partial charge in [0.25, 0.3) is 0 Å². The number of amides is 3. The largest absolute Gasteiger partial charge is 0.444 e. The molecule has 3 aliphatic heterocycles. The quantitative estimate of drug-likeness (QED) is 0.622. The number of rotatable bonds is 2. The van der Waals surface area contributed by atoms with Crippen LogP contribution in [0.25, 0.3) is 6.08 Å².